The molecule has 94 valence electrons. The minimum absolute atomic E-state index is 0.192. The lowest BCUT2D eigenvalue weighted by atomic mass is 10.2. The second-order valence-electron chi connectivity index (χ2n) is 4.10. The maximum Gasteiger partial charge on any atom is 0.223 e. The van der Waals surface area contributed by atoms with Gasteiger partial charge in [-0.3, -0.25) is 0 Å². The molecule has 0 fully saturated rings. The lowest BCUT2D eigenvalue weighted by Gasteiger charge is -2.08. The molecule has 0 bridgehead atoms. The van der Waals surface area contributed by atoms with E-state index in [1.807, 2.05) is 13.8 Å². The first-order valence-electron chi connectivity index (χ1n) is 5.52. The molecule has 0 amide bonds. The summed E-state index contributed by atoms with van der Waals surface area (Å²) in [5.74, 6) is 1.33. The van der Waals surface area contributed by atoms with Crippen LogP contribution in [-0.2, 0) is 0 Å². The van der Waals surface area contributed by atoms with Gasteiger partial charge in [0.1, 0.15) is 22.0 Å². The highest BCUT2D eigenvalue weighted by atomic mass is 79.9. The fourth-order valence-corrected chi connectivity index (χ4v) is 1.75. The Bertz CT molecular complexity index is 560. The van der Waals surface area contributed by atoms with Crippen molar-refractivity contribution in [1.82, 2.24) is 9.97 Å². The molecular formula is C13H12BrFN2O. The zero-order chi connectivity index (χ0) is 13.1. The van der Waals surface area contributed by atoms with Crippen molar-refractivity contribution in [3.8, 4) is 11.6 Å². The van der Waals surface area contributed by atoms with Gasteiger partial charge < -0.3 is 4.74 Å². The highest BCUT2D eigenvalue weighted by Gasteiger charge is 2.08. The van der Waals surface area contributed by atoms with E-state index in [2.05, 4.69) is 25.9 Å². The zero-order valence-corrected chi connectivity index (χ0v) is 11.6. The fraction of sp³-hybridized carbons (Fsp3) is 0.231. The van der Waals surface area contributed by atoms with E-state index >= 15 is 0 Å². The van der Waals surface area contributed by atoms with Crippen molar-refractivity contribution >= 4 is 15.9 Å². The summed E-state index contributed by atoms with van der Waals surface area (Å²) in [5, 5.41) is 0. The van der Waals surface area contributed by atoms with Gasteiger partial charge in [-0.15, -0.1) is 0 Å². The van der Waals surface area contributed by atoms with Crippen molar-refractivity contribution in [3.63, 3.8) is 0 Å². The predicted molar refractivity (Wildman–Crippen MR) is 70.3 cm³/mol. The van der Waals surface area contributed by atoms with Crippen molar-refractivity contribution in [2.75, 3.05) is 0 Å². The molecule has 2 aromatic rings. The first-order chi connectivity index (χ1) is 8.54. The number of halogens is 2. The van der Waals surface area contributed by atoms with E-state index in [0.29, 0.717) is 22.1 Å². The van der Waals surface area contributed by atoms with Crippen LogP contribution < -0.4 is 4.74 Å². The molecule has 0 aliphatic rings. The molecular weight excluding hydrogens is 299 g/mol. The maximum atomic E-state index is 13.0. The molecule has 0 N–H and O–H groups in total. The SMILES string of the molecule is CC(C)c1nc(Br)cc(Oc2cccc(F)c2)n1. The Kier molecular flexibility index (Phi) is 3.91. The highest BCUT2D eigenvalue weighted by Crippen LogP contribution is 2.24. The molecule has 0 aliphatic heterocycles. The van der Waals surface area contributed by atoms with Crippen LogP contribution in [-0.4, -0.2) is 9.97 Å². The Balaban J connectivity index is 2.29. The van der Waals surface area contributed by atoms with Crippen LogP contribution in [0.5, 0.6) is 11.6 Å². The highest BCUT2D eigenvalue weighted by molar-refractivity contribution is 9.10. The van der Waals surface area contributed by atoms with E-state index < -0.39 is 0 Å². The van der Waals surface area contributed by atoms with E-state index in [1.165, 1.54) is 12.1 Å². The average molecular weight is 311 g/mol. The lowest BCUT2D eigenvalue weighted by molar-refractivity contribution is 0.451. The van der Waals surface area contributed by atoms with E-state index in [0.717, 1.165) is 0 Å². The van der Waals surface area contributed by atoms with Crippen LogP contribution in [0.2, 0.25) is 0 Å². The van der Waals surface area contributed by atoms with Gasteiger partial charge in [0.05, 0.1) is 0 Å². The number of nitrogens with zero attached hydrogens (tertiary/aromatic N) is 2. The van der Waals surface area contributed by atoms with Gasteiger partial charge in [-0.2, -0.15) is 4.98 Å². The van der Waals surface area contributed by atoms with Crippen molar-refractivity contribution in [2.45, 2.75) is 19.8 Å². The van der Waals surface area contributed by atoms with Crippen molar-refractivity contribution in [2.24, 2.45) is 0 Å². The quantitative estimate of drug-likeness (QED) is 0.793. The normalized spacial score (nSPS) is 10.7. The number of aromatic nitrogens is 2. The van der Waals surface area contributed by atoms with Gasteiger partial charge in [0.15, 0.2) is 0 Å². The van der Waals surface area contributed by atoms with Crippen molar-refractivity contribution in [1.29, 1.82) is 0 Å². The second-order valence-corrected chi connectivity index (χ2v) is 4.91. The second kappa shape index (κ2) is 5.44. The molecule has 5 heteroatoms. The third kappa shape index (κ3) is 3.26. The summed E-state index contributed by atoms with van der Waals surface area (Å²) in [6.45, 7) is 3.99. The molecule has 3 nitrogen and oxygen atoms in total. The third-order valence-electron chi connectivity index (χ3n) is 2.22. The predicted octanol–water partition coefficient (Wildman–Crippen LogP) is 4.29. The smallest absolute Gasteiger partial charge is 0.223 e. The van der Waals surface area contributed by atoms with Crippen LogP contribution in [0.15, 0.2) is 34.9 Å². The number of ether oxygens (including phenoxy) is 1. The third-order valence-corrected chi connectivity index (χ3v) is 2.63. The Hall–Kier alpha value is -1.49. The van der Waals surface area contributed by atoms with Gasteiger partial charge in [-0.05, 0) is 28.1 Å². The van der Waals surface area contributed by atoms with Crippen molar-refractivity contribution < 1.29 is 9.13 Å². The van der Waals surface area contributed by atoms with Crippen molar-refractivity contribution in [3.05, 3.63) is 46.6 Å². The summed E-state index contributed by atoms with van der Waals surface area (Å²) in [4.78, 5) is 8.52. The molecule has 0 unspecified atom stereocenters. The summed E-state index contributed by atoms with van der Waals surface area (Å²) in [5.41, 5.74) is 0. The standard InChI is InChI=1S/C13H12BrFN2O/c1-8(2)13-16-11(14)7-12(17-13)18-10-5-3-4-9(15)6-10/h3-8H,1-2H3. The van der Waals surface area contributed by atoms with E-state index in [1.54, 1.807) is 18.2 Å². The van der Waals surface area contributed by atoms with Gasteiger partial charge in [0.2, 0.25) is 5.88 Å². The Morgan fingerprint density at radius 2 is 2.00 bits per heavy atom. The molecule has 1 aromatic heterocycles. The Morgan fingerprint density at radius 1 is 1.22 bits per heavy atom. The molecule has 1 aromatic carbocycles. The number of rotatable bonds is 3. The minimum Gasteiger partial charge on any atom is -0.439 e. The van der Waals surface area contributed by atoms with E-state index in [4.69, 9.17) is 4.74 Å². The molecule has 2 rings (SSSR count). The molecule has 0 aliphatic carbocycles. The Labute approximate surface area is 113 Å². The first-order valence-corrected chi connectivity index (χ1v) is 6.32. The molecule has 18 heavy (non-hydrogen) atoms. The summed E-state index contributed by atoms with van der Waals surface area (Å²) in [6, 6.07) is 7.59. The van der Waals surface area contributed by atoms with Crippen LogP contribution in [0, 0.1) is 5.82 Å². The van der Waals surface area contributed by atoms with Gasteiger partial charge in [0.25, 0.3) is 0 Å². The average Bonchev–Trinajstić information content (AvgIpc) is 2.28. The Morgan fingerprint density at radius 3 is 2.67 bits per heavy atom. The van der Waals surface area contributed by atoms with Gasteiger partial charge in [-0.25, -0.2) is 9.37 Å². The topological polar surface area (TPSA) is 35.0 Å². The maximum absolute atomic E-state index is 13.0. The van der Waals surface area contributed by atoms with Crippen LogP contribution in [0.4, 0.5) is 4.39 Å². The number of benzene rings is 1. The molecule has 0 radical (unpaired) electrons. The summed E-state index contributed by atoms with van der Waals surface area (Å²) in [7, 11) is 0. The van der Waals surface area contributed by atoms with E-state index in [9.17, 15) is 4.39 Å². The lowest BCUT2D eigenvalue weighted by Crippen LogP contribution is -2.00. The largest absolute Gasteiger partial charge is 0.439 e. The molecule has 0 saturated heterocycles. The fourth-order valence-electron chi connectivity index (χ4n) is 1.38. The van der Waals surface area contributed by atoms with Crippen LogP contribution in [0.25, 0.3) is 0 Å². The van der Waals surface area contributed by atoms with Gasteiger partial charge in [-0.1, -0.05) is 19.9 Å². The summed E-state index contributed by atoms with van der Waals surface area (Å²) >= 11 is 3.30. The molecule has 0 atom stereocenters. The van der Waals surface area contributed by atoms with Crippen LogP contribution in [0.3, 0.4) is 0 Å². The first kappa shape index (κ1) is 13.0. The summed E-state index contributed by atoms with van der Waals surface area (Å²) in [6.07, 6.45) is 0. The van der Waals surface area contributed by atoms with Gasteiger partial charge >= 0.3 is 0 Å². The van der Waals surface area contributed by atoms with Crippen LogP contribution in [0.1, 0.15) is 25.6 Å². The van der Waals surface area contributed by atoms with E-state index in [-0.39, 0.29) is 11.7 Å². The number of hydrogen-bond acceptors (Lipinski definition) is 3. The molecule has 0 spiro atoms. The monoisotopic (exact) mass is 310 g/mol. The van der Waals surface area contributed by atoms with Gasteiger partial charge in [0, 0.05) is 18.1 Å². The van der Waals surface area contributed by atoms with Crippen LogP contribution >= 0.6 is 15.9 Å². The summed E-state index contributed by atoms with van der Waals surface area (Å²) < 4.78 is 19.2. The number of hydrogen-bond donors (Lipinski definition) is 0. The molecule has 0 saturated carbocycles. The minimum atomic E-state index is -0.343. The molecule has 1 heterocycles. The zero-order valence-electron chi connectivity index (χ0n) is 10.0.